The van der Waals surface area contributed by atoms with Gasteiger partial charge in [-0.15, -0.1) is 0 Å². The van der Waals surface area contributed by atoms with Crippen molar-refractivity contribution in [2.45, 2.75) is 49.7 Å². The SMILES string of the molecule is CCN(C(=O)OC(C)(C)C)C(C(=O)O)c1ccc(SC(F)(F)F)cc1. The highest BCUT2D eigenvalue weighted by molar-refractivity contribution is 8.00. The fourth-order valence-electron chi connectivity index (χ4n) is 2.05. The van der Waals surface area contributed by atoms with Gasteiger partial charge in [-0.1, -0.05) is 12.1 Å². The summed E-state index contributed by atoms with van der Waals surface area (Å²) in [5, 5.41) is 9.50. The third-order valence-electron chi connectivity index (χ3n) is 2.94. The molecule has 0 bridgehead atoms. The number of carboxylic acid groups (broad SMARTS) is 1. The number of likely N-dealkylation sites (N-methyl/N-ethyl adjacent to an activating group) is 1. The summed E-state index contributed by atoms with van der Waals surface area (Å²) in [4.78, 5) is 24.8. The van der Waals surface area contributed by atoms with Gasteiger partial charge in [-0.3, -0.25) is 4.90 Å². The van der Waals surface area contributed by atoms with Crippen LogP contribution in [0.5, 0.6) is 0 Å². The molecule has 140 valence electrons. The fraction of sp³-hybridized carbons (Fsp3) is 0.500. The van der Waals surface area contributed by atoms with Crippen LogP contribution in [0, 0.1) is 0 Å². The first-order valence-electron chi connectivity index (χ1n) is 7.42. The lowest BCUT2D eigenvalue weighted by molar-refractivity contribution is -0.143. The number of rotatable bonds is 5. The average molecular weight is 379 g/mol. The molecule has 0 saturated carbocycles. The fourth-order valence-corrected chi connectivity index (χ4v) is 2.58. The molecule has 1 N–H and O–H groups in total. The molecule has 5 nitrogen and oxygen atoms in total. The molecule has 0 aliphatic heterocycles. The number of hydrogen-bond acceptors (Lipinski definition) is 4. The average Bonchev–Trinajstić information content (AvgIpc) is 2.41. The number of amides is 1. The first kappa shape index (κ1) is 21.1. The lowest BCUT2D eigenvalue weighted by Gasteiger charge is -2.30. The molecular formula is C16H20F3NO4S. The summed E-state index contributed by atoms with van der Waals surface area (Å²) in [6, 6.07) is 3.52. The normalized spacial score (nSPS) is 13.2. The third kappa shape index (κ3) is 6.85. The summed E-state index contributed by atoms with van der Waals surface area (Å²) >= 11 is -0.295. The minimum Gasteiger partial charge on any atom is -0.479 e. The van der Waals surface area contributed by atoms with Crippen molar-refractivity contribution in [2.24, 2.45) is 0 Å². The van der Waals surface area contributed by atoms with Crippen LogP contribution in [0.4, 0.5) is 18.0 Å². The maximum Gasteiger partial charge on any atom is 0.446 e. The van der Waals surface area contributed by atoms with Gasteiger partial charge in [0.25, 0.3) is 0 Å². The molecule has 1 rings (SSSR count). The van der Waals surface area contributed by atoms with Gasteiger partial charge in [-0.25, -0.2) is 9.59 Å². The molecule has 1 unspecified atom stereocenters. The number of hydrogen-bond donors (Lipinski definition) is 1. The minimum absolute atomic E-state index is 0.0604. The number of carboxylic acids is 1. The van der Waals surface area contributed by atoms with Crippen LogP contribution in [-0.2, 0) is 9.53 Å². The Morgan fingerprint density at radius 1 is 1.20 bits per heavy atom. The van der Waals surface area contributed by atoms with E-state index in [0.717, 1.165) is 4.90 Å². The van der Waals surface area contributed by atoms with E-state index in [0.29, 0.717) is 0 Å². The molecule has 0 aromatic heterocycles. The standard InChI is InChI=1S/C16H20F3NO4S/c1-5-20(14(23)24-15(2,3)4)12(13(21)22)10-6-8-11(9-7-10)25-16(17,18)19/h6-9,12H,5H2,1-4H3,(H,21,22). The molecule has 0 fully saturated rings. The molecule has 0 heterocycles. The van der Waals surface area contributed by atoms with E-state index in [9.17, 15) is 27.9 Å². The summed E-state index contributed by atoms with van der Waals surface area (Å²) < 4.78 is 42.3. The zero-order valence-electron chi connectivity index (χ0n) is 14.3. The number of nitrogens with zero attached hydrogens (tertiary/aromatic N) is 1. The highest BCUT2D eigenvalue weighted by Gasteiger charge is 2.34. The molecule has 0 aliphatic carbocycles. The number of ether oxygens (including phenoxy) is 1. The maximum absolute atomic E-state index is 12.4. The van der Waals surface area contributed by atoms with Gasteiger partial charge in [0.1, 0.15) is 5.60 Å². The van der Waals surface area contributed by atoms with Crippen molar-refractivity contribution in [1.82, 2.24) is 4.90 Å². The highest BCUT2D eigenvalue weighted by atomic mass is 32.2. The summed E-state index contributed by atoms with van der Waals surface area (Å²) in [5.74, 6) is -1.30. The van der Waals surface area contributed by atoms with Gasteiger partial charge in [0, 0.05) is 11.4 Å². The van der Waals surface area contributed by atoms with Gasteiger partial charge in [-0.2, -0.15) is 13.2 Å². The summed E-state index contributed by atoms with van der Waals surface area (Å²) in [7, 11) is 0. The van der Waals surface area contributed by atoms with Crippen molar-refractivity contribution in [3.05, 3.63) is 29.8 Å². The lowest BCUT2D eigenvalue weighted by Crippen LogP contribution is -2.42. The predicted octanol–water partition coefficient (Wildman–Crippen LogP) is 4.68. The number of carbonyl (C=O) groups is 2. The molecule has 1 aromatic rings. The van der Waals surface area contributed by atoms with Gasteiger partial charge in [0.15, 0.2) is 6.04 Å². The van der Waals surface area contributed by atoms with Crippen LogP contribution in [0.15, 0.2) is 29.2 Å². The number of carbonyl (C=O) groups excluding carboxylic acids is 1. The second-order valence-electron chi connectivity index (χ2n) is 6.12. The van der Waals surface area contributed by atoms with E-state index in [1.165, 1.54) is 24.3 Å². The van der Waals surface area contributed by atoms with Gasteiger partial charge in [-0.05, 0) is 57.2 Å². The van der Waals surface area contributed by atoms with Crippen molar-refractivity contribution in [2.75, 3.05) is 6.54 Å². The van der Waals surface area contributed by atoms with E-state index < -0.39 is 29.2 Å². The Kier molecular flexibility index (Phi) is 6.75. The Hall–Kier alpha value is -1.90. The summed E-state index contributed by atoms with van der Waals surface area (Å²) in [6.07, 6.45) is -0.809. The van der Waals surface area contributed by atoms with Crippen LogP contribution in [-0.4, -0.2) is 39.7 Å². The van der Waals surface area contributed by atoms with Crippen LogP contribution in [0.3, 0.4) is 0 Å². The van der Waals surface area contributed by atoms with Gasteiger partial charge >= 0.3 is 17.6 Å². The first-order chi connectivity index (χ1) is 11.3. The molecule has 1 amide bonds. The van der Waals surface area contributed by atoms with E-state index >= 15 is 0 Å². The number of alkyl halides is 3. The molecule has 1 atom stereocenters. The lowest BCUT2D eigenvalue weighted by atomic mass is 10.1. The predicted molar refractivity (Wildman–Crippen MR) is 87.3 cm³/mol. The monoisotopic (exact) mass is 379 g/mol. The van der Waals surface area contributed by atoms with Crippen molar-refractivity contribution >= 4 is 23.8 Å². The van der Waals surface area contributed by atoms with Crippen molar-refractivity contribution in [1.29, 1.82) is 0 Å². The van der Waals surface area contributed by atoms with Crippen molar-refractivity contribution in [3.63, 3.8) is 0 Å². The molecule has 25 heavy (non-hydrogen) atoms. The van der Waals surface area contributed by atoms with E-state index in [-0.39, 0.29) is 28.8 Å². The molecule has 9 heteroatoms. The topological polar surface area (TPSA) is 66.8 Å². The van der Waals surface area contributed by atoms with Crippen molar-refractivity contribution < 1.29 is 32.6 Å². The molecular weight excluding hydrogens is 359 g/mol. The van der Waals surface area contributed by atoms with E-state index in [1.54, 1.807) is 27.7 Å². The van der Waals surface area contributed by atoms with E-state index in [4.69, 9.17) is 4.74 Å². The Labute approximate surface area is 148 Å². The largest absolute Gasteiger partial charge is 0.479 e. The summed E-state index contributed by atoms with van der Waals surface area (Å²) in [6.45, 7) is 6.60. The number of thioether (sulfide) groups is 1. The van der Waals surface area contributed by atoms with E-state index in [2.05, 4.69) is 0 Å². The minimum atomic E-state index is -4.43. The number of benzene rings is 1. The Balaban J connectivity index is 3.09. The number of aliphatic carboxylic acids is 1. The van der Waals surface area contributed by atoms with Crippen LogP contribution >= 0.6 is 11.8 Å². The van der Waals surface area contributed by atoms with Gasteiger partial charge in [0.2, 0.25) is 0 Å². The maximum atomic E-state index is 12.4. The molecule has 0 radical (unpaired) electrons. The van der Waals surface area contributed by atoms with Crippen molar-refractivity contribution in [3.8, 4) is 0 Å². The zero-order chi connectivity index (χ0) is 19.4. The van der Waals surface area contributed by atoms with Gasteiger partial charge < -0.3 is 9.84 Å². The third-order valence-corrected chi connectivity index (χ3v) is 3.68. The van der Waals surface area contributed by atoms with Crippen LogP contribution in [0.2, 0.25) is 0 Å². The Morgan fingerprint density at radius 3 is 2.08 bits per heavy atom. The Bertz CT molecular complexity index is 611. The van der Waals surface area contributed by atoms with Gasteiger partial charge in [0.05, 0.1) is 0 Å². The molecule has 0 saturated heterocycles. The highest BCUT2D eigenvalue weighted by Crippen LogP contribution is 2.37. The molecule has 1 aromatic carbocycles. The Morgan fingerprint density at radius 2 is 1.72 bits per heavy atom. The summed E-state index contributed by atoms with van der Waals surface area (Å²) in [5.41, 5.74) is -5.05. The van der Waals surface area contributed by atoms with Crippen LogP contribution in [0.25, 0.3) is 0 Å². The quantitative estimate of drug-likeness (QED) is 0.753. The smallest absolute Gasteiger partial charge is 0.446 e. The van der Waals surface area contributed by atoms with E-state index in [1.807, 2.05) is 0 Å². The second-order valence-corrected chi connectivity index (χ2v) is 7.26. The van der Waals surface area contributed by atoms with Crippen LogP contribution in [0.1, 0.15) is 39.3 Å². The molecule has 0 aliphatic rings. The molecule has 0 spiro atoms. The first-order valence-corrected chi connectivity index (χ1v) is 8.24. The second kappa shape index (κ2) is 7.99. The van der Waals surface area contributed by atoms with Crippen LogP contribution < -0.4 is 0 Å². The zero-order valence-corrected chi connectivity index (χ0v) is 15.1. The number of halogens is 3.